The van der Waals surface area contributed by atoms with E-state index in [0.717, 1.165) is 21.8 Å². The van der Waals surface area contributed by atoms with Crippen LogP contribution in [0.5, 0.6) is 0 Å². The Morgan fingerprint density at radius 3 is 2.11 bits per heavy atom. The van der Waals surface area contributed by atoms with Crippen molar-refractivity contribution in [1.29, 1.82) is 0 Å². The van der Waals surface area contributed by atoms with Gasteiger partial charge in [-0.15, -0.1) is 0 Å². The van der Waals surface area contributed by atoms with Crippen LogP contribution in [0.4, 0.5) is 5.69 Å². The summed E-state index contributed by atoms with van der Waals surface area (Å²) in [5, 5.41) is 2.05. The lowest BCUT2D eigenvalue weighted by Crippen LogP contribution is -2.15. The molecule has 0 spiro atoms. The number of rotatable bonds is 4. The summed E-state index contributed by atoms with van der Waals surface area (Å²) in [5.74, 6) is -0.606. The molecule has 0 bridgehead atoms. The van der Waals surface area contributed by atoms with Crippen molar-refractivity contribution in [3.63, 3.8) is 0 Å². The minimum Gasteiger partial charge on any atom is -0.462 e. The minimum atomic E-state index is -0.489. The number of benzene rings is 3. The highest BCUT2D eigenvalue weighted by Crippen LogP contribution is 2.28. The van der Waals surface area contributed by atoms with Crippen LogP contribution in [0.2, 0.25) is 0 Å². The smallest absolute Gasteiger partial charge is 0.338 e. The van der Waals surface area contributed by atoms with Gasteiger partial charge in [0.05, 0.1) is 23.0 Å². The van der Waals surface area contributed by atoms with Crippen molar-refractivity contribution in [2.45, 2.75) is 6.42 Å². The number of ether oxygens (including phenoxy) is 1. The largest absolute Gasteiger partial charge is 0.462 e. The van der Waals surface area contributed by atoms with Crippen LogP contribution in [-0.2, 0) is 4.74 Å². The molecule has 1 heterocycles. The summed E-state index contributed by atoms with van der Waals surface area (Å²) in [7, 11) is 0. The number of nitrogens with two attached hydrogens (primary N) is 1. The summed E-state index contributed by atoms with van der Waals surface area (Å²) in [6.45, 7) is 0.00724. The van der Waals surface area contributed by atoms with Crippen LogP contribution in [0, 0.1) is 0 Å². The number of carbonyl (C=O) groups is 2. The molecule has 5 nitrogen and oxygen atoms in total. The molecular weight excluding hydrogens is 340 g/mol. The third-order valence-electron chi connectivity index (χ3n) is 4.50. The van der Waals surface area contributed by atoms with Gasteiger partial charge < -0.3 is 10.5 Å². The molecule has 134 valence electrons. The molecule has 5 heteroatoms. The van der Waals surface area contributed by atoms with Gasteiger partial charge in [0.25, 0.3) is 0 Å². The Morgan fingerprint density at radius 1 is 0.852 bits per heavy atom. The predicted molar refractivity (Wildman–Crippen MR) is 106 cm³/mol. The van der Waals surface area contributed by atoms with Crippen molar-refractivity contribution >= 4 is 39.4 Å². The lowest BCUT2D eigenvalue weighted by Gasteiger charge is -2.08. The molecule has 0 radical (unpaired) electrons. The molecular formula is C22H18N2O3. The van der Waals surface area contributed by atoms with Crippen molar-refractivity contribution in [2.75, 3.05) is 12.3 Å². The van der Waals surface area contributed by atoms with E-state index in [2.05, 4.69) is 0 Å². The fraction of sp³-hybridized carbons (Fsp3) is 0.0909. The first-order valence-corrected chi connectivity index (χ1v) is 8.69. The summed E-state index contributed by atoms with van der Waals surface area (Å²) < 4.78 is 6.94. The maximum atomic E-state index is 12.9. The van der Waals surface area contributed by atoms with E-state index in [9.17, 15) is 9.59 Å². The second kappa shape index (κ2) is 6.96. The number of fused-ring (bicyclic) bond motifs is 3. The van der Waals surface area contributed by atoms with Gasteiger partial charge in [-0.3, -0.25) is 9.36 Å². The molecule has 0 unspecified atom stereocenters. The molecule has 0 fully saturated rings. The van der Waals surface area contributed by atoms with Crippen LogP contribution in [0.15, 0.2) is 72.8 Å². The fourth-order valence-electron chi connectivity index (χ4n) is 3.28. The highest BCUT2D eigenvalue weighted by Gasteiger charge is 2.16. The number of carbonyl (C=O) groups excluding carboxylic acids is 2. The second-order valence-electron chi connectivity index (χ2n) is 6.27. The summed E-state index contributed by atoms with van der Waals surface area (Å²) in [4.78, 5) is 25.0. The zero-order chi connectivity index (χ0) is 18.8. The first-order chi connectivity index (χ1) is 13.1. The maximum absolute atomic E-state index is 12.9. The molecule has 1 aromatic heterocycles. The number of aromatic nitrogens is 1. The highest BCUT2D eigenvalue weighted by molar-refractivity contribution is 6.13. The molecule has 2 N–H and O–H groups in total. The van der Waals surface area contributed by atoms with Gasteiger partial charge in [-0.25, -0.2) is 4.79 Å². The van der Waals surface area contributed by atoms with Crippen molar-refractivity contribution in [3.8, 4) is 0 Å². The monoisotopic (exact) mass is 358 g/mol. The first-order valence-electron chi connectivity index (χ1n) is 8.69. The zero-order valence-electron chi connectivity index (χ0n) is 14.6. The van der Waals surface area contributed by atoms with Crippen LogP contribution in [-0.4, -0.2) is 23.1 Å². The average Bonchev–Trinajstić information content (AvgIpc) is 3.02. The number of anilines is 1. The second-order valence-corrected chi connectivity index (χ2v) is 6.27. The molecule has 4 aromatic rings. The Labute approximate surface area is 156 Å². The molecule has 0 saturated carbocycles. The number of esters is 1. The molecule has 0 saturated heterocycles. The summed E-state index contributed by atoms with van der Waals surface area (Å²) in [6, 6.07) is 22.1. The number of nitrogen functional groups attached to an aromatic ring is 1. The van der Waals surface area contributed by atoms with Crippen molar-refractivity contribution in [1.82, 2.24) is 4.57 Å². The van der Waals surface area contributed by atoms with Gasteiger partial charge in [0.1, 0.15) is 6.61 Å². The number of hydrogen-bond acceptors (Lipinski definition) is 4. The van der Waals surface area contributed by atoms with E-state index in [4.69, 9.17) is 10.5 Å². The van der Waals surface area contributed by atoms with E-state index >= 15 is 0 Å². The Balaban J connectivity index is 1.54. The molecule has 4 rings (SSSR count). The average molecular weight is 358 g/mol. The topological polar surface area (TPSA) is 74.3 Å². The fourth-order valence-corrected chi connectivity index (χ4v) is 3.28. The van der Waals surface area contributed by atoms with E-state index in [1.807, 2.05) is 48.5 Å². The van der Waals surface area contributed by atoms with Crippen LogP contribution in [0.25, 0.3) is 21.8 Å². The van der Waals surface area contributed by atoms with E-state index in [0.29, 0.717) is 11.3 Å². The van der Waals surface area contributed by atoms with Gasteiger partial charge in [-0.1, -0.05) is 42.5 Å². The Kier molecular flexibility index (Phi) is 4.34. The molecule has 27 heavy (non-hydrogen) atoms. The highest BCUT2D eigenvalue weighted by atomic mass is 16.5. The van der Waals surface area contributed by atoms with Gasteiger partial charge in [-0.05, 0) is 30.3 Å². The van der Waals surface area contributed by atoms with Crippen molar-refractivity contribution < 1.29 is 14.3 Å². The van der Waals surface area contributed by atoms with Gasteiger partial charge in [-0.2, -0.15) is 0 Å². The first kappa shape index (κ1) is 16.8. The summed E-state index contributed by atoms with van der Waals surface area (Å²) in [5.41, 5.74) is 8.25. The standard InChI is InChI=1S/C22H18N2O3/c23-16-7-5-6-15(14-16)22(26)27-13-12-21(25)24-19-10-3-1-8-17(19)18-9-2-4-11-20(18)24/h1-11,14H,12-13,23H2. The van der Waals surface area contributed by atoms with E-state index in [-0.39, 0.29) is 18.9 Å². The number of hydrogen-bond donors (Lipinski definition) is 1. The van der Waals surface area contributed by atoms with Crippen molar-refractivity contribution in [3.05, 3.63) is 78.4 Å². The minimum absolute atomic E-state index is 0.00724. The Morgan fingerprint density at radius 2 is 1.48 bits per heavy atom. The van der Waals surface area contributed by atoms with Crippen LogP contribution in [0.3, 0.4) is 0 Å². The van der Waals surface area contributed by atoms with Crippen LogP contribution >= 0.6 is 0 Å². The lowest BCUT2D eigenvalue weighted by atomic mass is 10.2. The van der Waals surface area contributed by atoms with E-state index in [1.54, 1.807) is 28.8 Å². The SMILES string of the molecule is Nc1cccc(C(=O)OCCC(=O)n2c3ccccc3c3ccccc32)c1. The summed E-state index contributed by atoms with van der Waals surface area (Å²) in [6.07, 6.45) is 0.0940. The number of para-hydroxylation sites is 2. The third-order valence-corrected chi connectivity index (χ3v) is 4.50. The summed E-state index contributed by atoms with van der Waals surface area (Å²) >= 11 is 0. The van der Waals surface area contributed by atoms with Crippen molar-refractivity contribution in [2.24, 2.45) is 0 Å². The zero-order valence-corrected chi connectivity index (χ0v) is 14.6. The molecule has 0 aliphatic carbocycles. The van der Waals surface area contributed by atoms with E-state index < -0.39 is 5.97 Å². The molecule has 0 atom stereocenters. The molecule has 0 aliphatic rings. The Hall–Kier alpha value is -3.60. The van der Waals surface area contributed by atoms with Gasteiger partial charge >= 0.3 is 5.97 Å². The normalized spacial score (nSPS) is 11.0. The molecule has 0 amide bonds. The van der Waals surface area contributed by atoms with Gasteiger partial charge in [0, 0.05) is 16.5 Å². The van der Waals surface area contributed by atoms with Gasteiger partial charge in [0.15, 0.2) is 0 Å². The van der Waals surface area contributed by atoms with Crippen LogP contribution < -0.4 is 5.73 Å². The quantitative estimate of drug-likeness (QED) is 0.437. The maximum Gasteiger partial charge on any atom is 0.338 e. The van der Waals surface area contributed by atoms with Gasteiger partial charge in [0.2, 0.25) is 5.91 Å². The molecule has 3 aromatic carbocycles. The predicted octanol–water partition coefficient (Wildman–Crippen LogP) is 4.26. The third kappa shape index (κ3) is 3.15. The number of nitrogens with zero attached hydrogens (tertiary/aromatic N) is 1. The lowest BCUT2D eigenvalue weighted by molar-refractivity contribution is 0.0490. The Bertz CT molecular complexity index is 1110. The van der Waals surface area contributed by atoms with Crippen LogP contribution in [0.1, 0.15) is 21.6 Å². The van der Waals surface area contributed by atoms with E-state index in [1.165, 1.54) is 0 Å². The molecule has 0 aliphatic heterocycles.